The maximum Gasteiger partial charge on any atom is 0.231 e. The lowest BCUT2D eigenvalue weighted by Gasteiger charge is -2.25. The predicted octanol–water partition coefficient (Wildman–Crippen LogP) is 0.622. The molecule has 1 atom stereocenters. The van der Waals surface area contributed by atoms with Crippen molar-refractivity contribution >= 4 is 5.91 Å². The third-order valence-corrected chi connectivity index (χ3v) is 3.03. The fourth-order valence-electron chi connectivity index (χ4n) is 2.17. The van der Waals surface area contributed by atoms with Crippen LogP contribution in [0.25, 0.3) is 0 Å². The zero-order valence-electron chi connectivity index (χ0n) is 12.2. The summed E-state index contributed by atoms with van der Waals surface area (Å²) in [6.07, 6.45) is -0.639. The van der Waals surface area contributed by atoms with Gasteiger partial charge in [0.25, 0.3) is 0 Å². The molecule has 1 rings (SSSR count). The average molecular weight is 279 g/mol. The first-order valence-corrected chi connectivity index (χ1v) is 6.90. The average Bonchev–Trinajstić information content (AvgIpc) is 2.37. The molecule has 0 aliphatic heterocycles. The van der Waals surface area contributed by atoms with Gasteiger partial charge < -0.3 is 16.6 Å². The summed E-state index contributed by atoms with van der Waals surface area (Å²) < 4.78 is 0. The molecule has 0 spiro atoms. The van der Waals surface area contributed by atoms with Gasteiger partial charge in [-0.2, -0.15) is 0 Å². The van der Waals surface area contributed by atoms with E-state index in [-0.39, 0.29) is 12.5 Å². The van der Waals surface area contributed by atoms with Crippen molar-refractivity contribution in [2.45, 2.75) is 26.5 Å². The smallest absolute Gasteiger partial charge is 0.231 e. The minimum absolute atomic E-state index is 0.163. The highest BCUT2D eigenvalue weighted by molar-refractivity contribution is 5.75. The van der Waals surface area contributed by atoms with Gasteiger partial charge in [-0.15, -0.1) is 0 Å². The third kappa shape index (κ3) is 5.69. The van der Waals surface area contributed by atoms with Crippen LogP contribution in [0.1, 0.15) is 31.1 Å². The highest BCUT2D eigenvalue weighted by Gasteiger charge is 2.16. The normalized spacial score (nSPS) is 12.9. The van der Waals surface area contributed by atoms with E-state index in [4.69, 9.17) is 11.5 Å². The highest BCUT2D eigenvalue weighted by atomic mass is 16.3. The monoisotopic (exact) mass is 279 g/mol. The fourth-order valence-corrected chi connectivity index (χ4v) is 2.17. The van der Waals surface area contributed by atoms with Crippen LogP contribution in [0.4, 0.5) is 0 Å². The van der Waals surface area contributed by atoms with E-state index in [1.54, 1.807) is 0 Å². The van der Waals surface area contributed by atoms with Gasteiger partial charge in [0.1, 0.15) is 0 Å². The van der Waals surface area contributed by atoms with E-state index in [0.717, 1.165) is 17.7 Å². The van der Waals surface area contributed by atoms with Crippen molar-refractivity contribution in [3.63, 3.8) is 0 Å². The van der Waals surface area contributed by atoms with E-state index < -0.39 is 6.10 Å². The Morgan fingerprint density at radius 2 is 1.85 bits per heavy atom. The maximum atomic E-state index is 11.1. The number of hydrogen-bond acceptors (Lipinski definition) is 4. The number of carbonyl (C=O) groups is 1. The molecule has 0 aliphatic carbocycles. The summed E-state index contributed by atoms with van der Waals surface area (Å²) in [6, 6.07) is 7.54. The Morgan fingerprint density at radius 1 is 1.25 bits per heavy atom. The van der Waals surface area contributed by atoms with Crippen LogP contribution in [0.15, 0.2) is 24.3 Å². The Morgan fingerprint density at radius 3 is 2.30 bits per heavy atom. The number of primary amides is 1. The van der Waals surface area contributed by atoms with Crippen LogP contribution in [0.2, 0.25) is 0 Å². The summed E-state index contributed by atoms with van der Waals surface area (Å²) in [5.74, 6) is 0.0255. The van der Waals surface area contributed by atoms with Crippen molar-refractivity contribution in [2.75, 3.05) is 19.6 Å². The molecule has 0 saturated carbocycles. The van der Waals surface area contributed by atoms with Crippen molar-refractivity contribution in [3.05, 3.63) is 35.4 Å². The predicted molar refractivity (Wildman–Crippen MR) is 79.8 cm³/mol. The number of nitrogens with two attached hydrogens (primary N) is 2. The Balaban J connectivity index is 2.67. The van der Waals surface area contributed by atoms with Crippen molar-refractivity contribution in [2.24, 2.45) is 17.4 Å². The number of aliphatic hydroxyl groups is 1. The van der Waals surface area contributed by atoms with Crippen LogP contribution in [0.5, 0.6) is 0 Å². The Bertz CT molecular complexity index is 418. The Hall–Kier alpha value is -1.43. The number of rotatable bonds is 8. The van der Waals surface area contributed by atoms with E-state index in [9.17, 15) is 9.90 Å². The minimum Gasteiger partial charge on any atom is -0.387 e. The molecule has 1 aromatic carbocycles. The summed E-state index contributed by atoms with van der Waals surface area (Å²) >= 11 is 0. The minimum atomic E-state index is -0.639. The second-order valence-corrected chi connectivity index (χ2v) is 5.52. The number of hydrogen-bond donors (Lipinski definition) is 3. The van der Waals surface area contributed by atoms with Crippen molar-refractivity contribution in [1.82, 2.24) is 4.90 Å². The number of benzene rings is 1. The Labute approximate surface area is 120 Å². The molecule has 0 saturated heterocycles. The van der Waals surface area contributed by atoms with Gasteiger partial charge in [0.15, 0.2) is 0 Å². The molecule has 1 unspecified atom stereocenters. The van der Waals surface area contributed by atoms with Gasteiger partial charge in [0.2, 0.25) is 5.91 Å². The second-order valence-electron chi connectivity index (χ2n) is 5.52. The molecule has 1 amide bonds. The maximum absolute atomic E-state index is 11.1. The molecular formula is C15H25N3O2. The molecule has 0 aromatic heterocycles. The van der Waals surface area contributed by atoms with Crippen molar-refractivity contribution < 1.29 is 9.90 Å². The molecule has 5 heteroatoms. The van der Waals surface area contributed by atoms with Crippen LogP contribution < -0.4 is 11.5 Å². The lowest BCUT2D eigenvalue weighted by Crippen LogP contribution is -2.38. The SMILES string of the molecule is CC(C)CN(CC(N)=O)CC(O)c1ccc(CN)cc1. The third-order valence-electron chi connectivity index (χ3n) is 3.03. The van der Waals surface area contributed by atoms with Gasteiger partial charge in [-0.1, -0.05) is 38.1 Å². The molecule has 0 heterocycles. The largest absolute Gasteiger partial charge is 0.387 e. The first-order chi connectivity index (χ1) is 9.42. The van der Waals surface area contributed by atoms with Crippen molar-refractivity contribution in [3.8, 4) is 0 Å². The van der Waals surface area contributed by atoms with Gasteiger partial charge in [-0.25, -0.2) is 0 Å². The molecule has 1 aromatic rings. The summed E-state index contributed by atoms with van der Waals surface area (Å²) in [5.41, 5.74) is 12.6. The van der Waals surface area contributed by atoms with Crippen molar-refractivity contribution in [1.29, 1.82) is 0 Å². The van der Waals surface area contributed by atoms with E-state index in [1.165, 1.54) is 0 Å². The van der Waals surface area contributed by atoms with E-state index >= 15 is 0 Å². The standard InChI is InChI=1S/C15H25N3O2/c1-11(2)8-18(10-15(17)20)9-14(19)13-5-3-12(7-16)4-6-13/h3-6,11,14,19H,7-10,16H2,1-2H3,(H2,17,20). The number of aliphatic hydroxyl groups excluding tert-OH is 1. The van der Waals surface area contributed by atoms with Crippen LogP contribution >= 0.6 is 0 Å². The number of carbonyl (C=O) groups excluding carboxylic acids is 1. The first-order valence-electron chi connectivity index (χ1n) is 6.90. The van der Waals surface area contributed by atoms with Crippen LogP contribution in [0, 0.1) is 5.92 Å². The van der Waals surface area contributed by atoms with E-state index in [1.807, 2.05) is 29.2 Å². The highest BCUT2D eigenvalue weighted by Crippen LogP contribution is 2.16. The first kappa shape index (κ1) is 16.6. The van der Waals surface area contributed by atoms with Gasteiger partial charge in [0, 0.05) is 19.6 Å². The number of amides is 1. The van der Waals surface area contributed by atoms with Crippen LogP contribution in [-0.4, -0.2) is 35.5 Å². The van der Waals surface area contributed by atoms with Crippen LogP contribution in [0.3, 0.4) is 0 Å². The van der Waals surface area contributed by atoms with Gasteiger partial charge >= 0.3 is 0 Å². The zero-order valence-corrected chi connectivity index (χ0v) is 12.2. The molecule has 20 heavy (non-hydrogen) atoms. The lowest BCUT2D eigenvalue weighted by molar-refractivity contribution is -0.119. The summed E-state index contributed by atoms with van der Waals surface area (Å²) in [7, 11) is 0. The fraction of sp³-hybridized carbons (Fsp3) is 0.533. The molecule has 112 valence electrons. The quantitative estimate of drug-likeness (QED) is 0.650. The van der Waals surface area contributed by atoms with Crippen LogP contribution in [-0.2, 0) is 11.3 Å². The summed E-state index contributed by atoms with van der Waals surface area (Å²) in [5, 5.41) is 10.3. The molecule has 0 radical (unpaired) electrons. The Kier molecular flexibility index (Phi) is 6.64. The molecule has 5 nitrogen and oxygen atoms in total. The van der Waals surface area contributed by atoms with Gasteiger partial charge in [0.05, 0.1) is 12.6 Å². The van der Waals surface area contributed by atoms with Gasteiger partial charge in [-0.3, -0.25) is 9.69 Å². The van der Waals surface area contributed by atoms with E-state index in [2.05, 4.69) is 13.8 Å². The molecule has 5 N–H and O–H groups in total. The summed E-state index contributed by atoms with van der Waals surface area (Å²) in [6.45, 7) is 5.89. The lowest BCUT2D eigenvalue weighted by atomic mass is 10.1. The molecule has 0 bridgehead atoms. The zero-order chi connectivity index (χ0) is 15.1. The van der Waals surface area contributed by atoms with E-state index in [0.29, 0.717) is 19.0 Å². The molecule has 0 fully saturated rings. The topological polar surface area (TPSA) is 92.6 Å². The molecule has 0 aliphatic rings. The molecular weight excluding hydrogens is 254 g/mol. The van der Waals surface area contributed by atoms with Gasteiger partial charge in [-0.05, 0) is 17.0 Å². The summed E-state index contributed by atoms with van der Waals surface area (Å²) in [4.78, 5) is 13.0. The second kappa shape index (κ2) is 7.99. The number of nitrogens with zero attached hydrogens (tertiary/aromatic N) is 1.